The third-order valence-electron chi connectivity index (χ3n) is 7.34. The van der Waals surface area contributed by atoms with Crippen molar-refractivity contribution in [2.75, 3.05) is 36.8 Å². The summed E-state index contributed by atoms with van der Waals surface area (Å²) in [6.07, 6.45) is 9.62. The number of benzene rings is 2. The van der Waals surface area contributed by atoms with Gasteiger partial charge in [0.05, 0.1) is 0 Å². The number of piperidine rings is 1. The highest BCUT2D eigenvalue weighted by molar-refractivity contribution is 6.12. The molecule has 1 amide bonds. The van der Waals surface area contributed by atoms with Crippen molar-refractivity contribution >= 4 is 23.5 Å². The van der Waals surface area contributed by atoms with Gasteiger partial charge in [0, 0.05) is 48.2 Å². The van der Waals surface area contributed by atoms with Gasteiger partial charge in [0.15, 0.2) is 0 Å². The van der Waals surface area contributed by atoms with E-state index in [-0.39, 0.29) is 11.3 Å². The van der Waals surface area contributed by atoms with E-state index in [1.54, 1.807) is 12.3 Å². The van der Waals surface area contributed by atoms with E-state index < -0.39 is 0 Å². The van der Waals surface area contributed by atoms with Gasteiger partial charge in [0.1, 0.15) is 0 Å². The molecule has 5 heteroatoms. The van der Waals surface area contributed by atoms with Gasteiger partial charge in [-0.15, -0.1) is 0 Å². The molecule has 37 heavy (non-hydrogen) atoms. The Kier molecular flexibility index (Phi) is 8.78. The van der Waals surface area contributed by atoms with Crippen molar-refractivity contribution in [3.63, 3.8) is 0 Å². The van der Waals surface area contributed by atoms with Crippen LogP contribution in [0.1, 0.15) is 44.7 Å². The molecular formula is C32H40N4O. The first-order valence-corrected chi connectivity index (χ1v) is 13.3. The summed E-state index contributed by atoms with van der Waals surface area (Å²) < 4.78 is 0. The molecule has 2 aromatic rings. The molecule has 2 aliphatic heterocycles. The fourth-order valence-corrected chi connectivity index (χ4v) is 5.04. The van der Waals surface area contributed by atoms with Crippen LogP contribution in [0.2, 0.25) is 0 Å². The molecule has 0 saturated carbocycles. The third-order valence-corrected chi connectivity index (χ3v) is 7.34. The second-order valence-corrected chi connectivity index (χ2v) is 10.8. The minimum absolute atomic E-state index is 0.0954. The zero-order valence-corrected chi connectivity index (χ0v) is 22.5. The number of amides is 1. The highest BCUT2D eigenvalue weighted by Crippen LogP contribution is 2.37. The average molecular weight is 497 g/mol. The topological polar surface area (TPSA) is 56.7 Å². The lowest BCUT2D eigenvalue weighted by molar-refractivity contribution is -0.112. The van der Waals surface area contributed by atoms with Crippen molar-refractivity contribution in [1.29, 1.82) is 0 Å². The van der Waals surface area contributed by atoms with Gasteiger partial charge in [0.25, 0.3) is 5.91 Å². The molecule has 0 unspecified atom stereocenters. The maximum absolute atomic E-state index is 13.2. The highest BCUT2D eigenvalue weighted by Gasteiger charge is 2.29. The Bertz CT molecular complexity index is 1180. The molecule has 194 valence electrons. The van der Waals surface area contributed by atoms with Gasteiger partial charge in [-0.05, 0) is 73.7 Å². The summed E-state index contributed by atoms with van der Waals surface area (Å²) in [7, 11) is 0. The molecule has 2 aromatic carbocycles. The predicted molar refractivity (Wildman–Crippen MR) is 156 cm³/mol. The molecule has 1 fully saturated rings. The number of allylic oxidation sites excluding steroid dienone is 3. The van der Waals surface area contributed by atoms with E-state index in [0.29, 0.717) is 17.1 Å². The lowest BCUT2D eigenvalue weighted by Gasteiger charge is -2.31. The molecule has 0 spiro atoms. The van der Waals surface area contributed by atoms with Crippen LogP contribution in [0.4, 0.5) is 11.4 Å². The van der Waals surface area contributed by atoms with E-state index in [4.69, 9.17) is 0 Å². The summed E-state index contributed by atoms with van der Waals surface area (Å²) in [5, 5.41) is 6.49. The van der Waals surface area contributed by atoms with Crippen LogP contribution in [-0.2, 0) is 16.8 Å². The Morgan fingerprint density at radius 1 is 1.19 bits per heavy atom. The number of anilines is 2. The largest absolute Gasteiger partial charge is 0.384 e. The Morgan fingerprint density at radius 3 is 2.68 bits per heavy atom. The lowest BCUT2D eigenvalue weighted by atomic mass is 9.87. The number of nitrogens with one attached hydrogen (secondary N) is 2. The van der Waals surface area contributed by atoms with Crippen molar-refractivity contribution in [2.45, 2.75) is 45.6 Å². The zero-order chi connectivity index (χ0) is 26.3. The summed E-state index contributed by atoms with van der Waals surface area (Å²) in [5.41, 5.74) is 5.74. The molecule has 0 bridgehead atoms. The monoisotopic (exact) mass is 496 g/mol. The first-order chi connectivity index (χ1) is 17.9. The standard InChI is InChI=1S/C32H40N4O/c1-5-6-12-28(31(37)35-27-13-14-29-30(19-27)34-23-32(29,3)4)24(2)20-33-21-25-15-17-36(18-16-25)22-26-10-8-7-9-11-26/h5-14,19-20,25,34H,2,15-18,21-23H2,1,3-4H3,(H,35,37)/b6-5-,28-12+,33-20?. The number of rotatable bonds is 9. The summed E-state index contributed by atoms with van der Waals surface area (Å²) in [4.78, 5) is 20.4. The van der Waals surface area contributed by atoms with Crippen molar-refractivity contribution < 1.29 is 4.79 Å². The maximum atomic E-state index is 13.2. The fraction of sp³-hybridized carbons (Fsp3) is 0.375. The fourth-order valence-electron chi connectivity index (χ4n) is 5.04. The number of aliphatic imine (C=N–C) groups is 1. The Hall–Kier alpha value is -3.44. The average Bonchev–Trinajstić information content (AvgIpc) is 3.19. The van der Waals surface area contributed by atoms with E-state index in [1.165, 1.54) is 11.1 Å². The number of carbonyl (C=O) groups excluding carboxylic acids is 1. The van der Waals surface area contributed by atoms with Crippen LogP contribution in [0.5, 0.6) is 0 Å². The molecule has 0 aromatic heterocycles. The van der Waals surface area contributed by atoms with Crippen LogP contribution in [0.3, 0.4) is 0 Å². The quantitative estimate of drug-likeness (QED) is 0.241. The molecular weight excluding hydrogens is 456 g/mol. The first kappa shape index (κ1) is 26.6. The molecule has 0 radical (unpaired) electrons. The smallest absolute Gasteiger partial charge is 0.256 e. The molecule has 4 rings (SSSR count). The predicted octanol–water partition coefficient (Wildman–Crippen LogP) is 6.37. The van der Waals surface area contributed by atoms with Gasteiger partial charge in [-0.25, -0.2) is 0 Å². The third kappa shape index (κ3) is 7.07. The van der Waals surface area contributed by atoms with Crippen LogP contribution >= 0.6 is 0 Å². The van der Waals surface area contributed by atoms with Crippen LogP contribution in [0.25, 0.3) is 0 Å². The Morgan fingerprint density at radius 2 is 1.95 bits per heavy atom. The Balaban J connectivity index is 1.30. The second kappa shape index (κ2) is 12.2. The minimum atomic E-state index is -0.180. The second-order valence-electron chi connectivity index (χ2n) is 10.8. The molecule has 2 aliphatic rings. The van der Waals surface area contributed by atoms with Crippen molar-refractivity contribution in [3.05, 3.63) is 95.6 Å². The van der Waals surface area contributed by atoms with Crippen molar-refractivity contribution in [3.8, 4) is 0 Å². The van der Waals surface area contributed by atoms with Gasteiger partial charge in [-0.3, -0.25) is 14.7 Å². The number of fused-ring (bicyclic) bond motifs is 1. The van der Waals surface area contributed by atoms with E-state index in [1.807, 2.05) is 31.2 Å². The molecule has 2 N–H and O–H groups in total. The Labute approximate surface area is 222 Å². The molecule has 5 nitrogen and oxygen atoms in total. The van der Waals surface area contributed by atoms with Crippen LogP contribution < -0.4 is 10.6 Å². The first-order valence-electron chi connectivity index (χ1n) is 13.3. The van der Waals surface area contributed by atoms with Crippen molar-refractivity contribution in [1.82, 2.24) is 4.90 Å². The number of hydrogen-bond acceptors (Lipinski definition) is 4. The maximum Gasteiger partial charge on any atom is 0.256 e. The number of carbonyl (C=O) groups is 1. The zero-order valence-electron chi connectivity index (χ0n) is 22.5. The van der Waals surface area contributed by atoms with E-state index in [2.05, 4.69) is 77.4 Å². The van der Waals surface area contributed by atoms with Crippen LogP contribution in [0, 0.1) is 5.92 Å². The number of nitrogens with zero attached hydrogens (tertiary/aromatic N) is 2. The van der Waals surface area contributed by atoms with E-state index in [9.17, 15) is 4.79 Å². The van der Waals surface area contributed by atoms with Gasteiger partial charge in [-0.1, -0.05) is 69.0 Å². The van der Waals surface area contributed by atoms with Crippen molar-refractivity contribution in [2.24, 2.45) is 10.9 Å². The highest BCUT2D eigenvalue weighted by atomic mass is 16.1. The summed E-state index contributed by atoms with van der Waals surface area (Å²) in [5.74, 6) is 0.386. The summed E-state index contributed by atoms with van der Waals surface area (Å²) >= 11 is 0. The number of hydrogen-bond donors (Lipinski definition) is 2. The van der Waals surface area contributed by atoms with E-state index >= 15 is 0 Å². The van der Waals surface area contributed by atoms with Gasteiger partial charge in [-0.2, -0.15) is 0 Å². The normalized spacial score (nSPS) is 18.2. The summed E-state index contributed by atoms with van der Waals surface area (Å²) in [6.45, 7) is 15.4. The van der Waals surface area contributed by atoms with Gasteiger partial charge in [0.2, 0.25) is 0 Å². The summed E-state index contributed by atoms with van der Waals surface area (Å²) in [6, 6.07) is 16.7. The molecule has 1 saturated heterocycles. The van der Waals surface area contributed by atoms with Gasteiger partial charge >= 0.3 is 0 Å². The molecule has 2 heterocycles. The SMILES string of the molecule is C=C(C=NCC1CCN(Cc2ccccc2)CC1)/C(=C\C=C/C)C(=O)Nc1ccc2c(c1)NCC2(C)C. The van der Waals surface area contributed by atoms with Crippen LogP contribution in [0.15, 0.2) is 89.5 Å². The number of likely N-dealkylation sites (tertiary alicyclic amines) is 1. The molecule has 0 aliphatic carbocycles. The van der Waals surface area contributed by atoms with E-state index in [0.717, 1.165) is 56.9 Å². The lowest BCUT2D eigenvalue weighted by Crippen LogP contribution is -2.34. The van der Waals surface area contributed by atoms with Crippen LogP contribution in [-0.4, -0.2) is 43.2 Å². The minimum Gasteiger partial charge on any atom is -0.384 e. The van der Waals surface area contributed by atoms with Gasteiger partial charge < -0.3 is 10.6 Å². The molecule has 0 atom stereocenters.